The molecule has 1 fully saturated rings. The maximum Gasteiger partial charge on any atom is 0.124 e. The average Bonchev–Trinajstić information content (AvgIpc) is 2.43. The molecule has 0 radical (unpaired) electrons. The molecular formula is C18H27NO. The monoisotopic (exact) mass is 273 g/mol. The van der Waals surface area contributed by atoms with Crippen molar-refractivity contribution in [2.24, 2.45) is 11.8 Å². The minimum absolute atomic E-state index is 0.0441. The van der Waals surface area contributed by atoms with Crippen molar-refractivity contribution in [1.29, 1.82) is 0 Å². The molecule has 2 nitrogen and oxygen atoms in total. The maximum absolute atomic E-state index is 6.57. The van der Waals surface area contributed by atoms with Crippen LogP contribution in [0.4, 0.5) is 0 Å². The quantitative estimate of drug-likeness (QED) is 0.826. The molecule has 0 saturated heterocycles. The largest absolute Gasteiger partial charge is 0.487 e. The summed E-state index contributed by atoms with van der Waals surface area (Å²) in [4.78, 5) is 0. The van der Waals surface area contributed by atoms with E-state index in [9.17, 15) is 0 Å². The predicted molar refractivity (Wildman–Crippen MR) is 83.1 cm³/mol. The third-order valence-electron chi connectivity index (χ3n) is 5.47. The molecular weight excluding hydrogens is 246 g/mol. The van der Waals surface area contributed by atoms with Crippen LogP contribution in [0.15, 0.2) is 18.2 Å². The van der Waals surface area contributed by atoms with Gasteiger partial charge in [0.15, 0.2) is 0 Å². The van der Waals surface area contributed by atoms with Crippen LogP contribution in [-0.4, -0.2) is 12.6 Å². The highest BCUT2D eigenvalue weighted by atomic mass is 16.5. The lowest BCUT2D eigenvalue weighted by atomic mass is 9.68. The van der Waals surface area contributed by atoms with Gasteiger partial charge in [0.1, 0.15) is 11.4 Å². The molecule has 1 aromatic carbocycles. The highest BCUT2D eigenvalue weighted by Gasteiger charge is 2.47. The van der Waals surface area contributed by atoms with Crippen LogP contribution in [0, 0.1) is 18.8 Å². The fourth-order valence-electron chi connectivity index (χ4n) is 4.14. The lowest BCUT2D eigenvalue weighted by Gasteiger charge is -2.49. The number of hydrogen-bond donors (Lipinski definition) is 1. The first-order valence-corrected chi connectivity index (χ1v) is 8.01. The first-order chi connectivity index (χ1) is 9.54. The van der Waals surface area contributed by atoms with Crippen molar-refractivity contribution in [3.63, 3.8) is 0 Å². The molecule has 1 heterocycles. The standard InChI is InChI=1S/C18H27NO/c1-12-5-6-17-15(10-12)16(19-4)11-18(20-17)8-7-13(2)9-14(18)3/h5-6,10,13-14,16,19H,7-9,11H2,1-4H3. The summed E-state index contributed by atoms with van der Waals surface area (Å²) < 4.78 is 6.57. The van der Waals surface area contributed by atoms with Gasteiger partial charge < -0.3 is 10.1 Å². The van der Waals surface area contributed by atoms with Gasteiger partial charge in [0.05, 0.1) is 0 Å². The Hall–Kier alpha value is -1.02. The van der Waals surface area contributed by atoms with Gasteiger partial charge in [-0.25, -0.2) is 0 Å². The van der Waals surface area contributed by atoms with Crippen molar-refractivity contribution >= 4 is 0 Å². The summed E-state index contributed by atoms with van der Waals surface area (Å²) in [5.41, 5.74) is 2.69. The number of fused-ring (bicyclic) bond motifs is 1. The van der Waals surface area contributed by atoms with E-state index in [1.807, 2.05) is 0 Å². The van der Waals surface area contributed by atoms with Gasteiger partial charge in [0, 0.05) is 18.0 Å². The summed E-state index contributed by atoms with van der Waals surface area (Å²) in [6, 6.07) is 7.04. The molecule has 1 saturated carbocycles. The summed E-state index contributed by atoms with van der Waals surface area (Å²) in [5.74, 6) is 2.57. The minimum atomic E-state index is 0.0441. The van der Waals surface area contributed by atoms with Crippen molar-refractivity contribution < 1.29 is 4.74 Å². The summed E-state index contributed by atoms with van der Waals surface area (Å²) in [7, 11) is 2.08. The van der Waals surface area contributed by atoms with Crippen LogP contribution in [0.3, 0.4) is 0 Å². The lowest BCUT2D eigenvalue weighted by molar-refractivity contribution is -0.0546. The van der Waals surface area contributed by atoms with Crippen molar-refractivity contribution in [3.8, 4) is 5.75 Å². The fraction of sp³-hybridized carbons (Fsp3) is 0.667. The van der Waals surface area contributed by atoms with Gasteiger partial charge in [0.2, 0.25) is 0 Å². The lowest BCUT2D eigenvalue weighted by Crippen LogP contribution is -2.51. The number of aryl methyl sites for hydroxylation is 1. The molecule has 1 spiro atoms. The van der Waals surface area contributed by atoms with Gasteiger partial charge in [0.25, 0.3) is 0 Å². The van der Waals surface area contributed by atoms with E-state index >= 15 is 0 Å². The van der Waals surface area contributed by atoms with Crippen LogP contribution in [0.2, 0.25) is 0 Å². The zero-order valence-electron chi connectivity index (χ0n) is 13.2. The Kier molecular flexibility index (Phi) is 3.53. The second-order valence-electron chi connectivity index (χ2n) is 7.03. The first kappa shape index (κ1) is 13.9. The van der Waals surface area contributed by atoms with Crippen LogP contribution in [0.1, 0.15) is 56.7 Å². The number of rotatable bonds is 1. The molecule has 1 N–H and O–H groups in total. The second-order valence-corrected chi connectivity index (χ2v) is 7.03. The molecule has 4 atom stereocenters. The van der Waals surface area contributed by atoms with Gasteiger partial charge in [-0.3, -0.25) is 0 Å². The van der Waals surface area contributed by atoms with Gasteiger partial charge >= 0.3 is 0 Å². The Morgan fingerprint density at radius 1 is 1.30 bits per heavy atom. The van der Waals surface area contributed by atoms with Gasteiger partial charge in [-0.2, -0.15) is 0 Å². The van der Waals surface area contributed by atoms with Crippen LogP contribution in [-0.2, 0) is 0 Å². The van der Waals surface area contributed by atoms with Crippen LogP contribution in [0.25, 0.3) is 0 Å². The average molecular weight is 273 g/mol. The highest BCUT2D eigenvalue weighted by molar-refractivity contribution is 5.42. The molecule has 1 aromatic rings. The number of hydrogen-bond acceptors (Lipinski definition) is 2. The smallest absolute Gasteiger partial charge is 0.124 e. The molecule has 1 aliphatic carbocycles. The molecule has 2 aliphatic rings. The molecule has 0 bridgehead atoms. The predicted octanol–water partition coefficient (Wildman–Crippen LogP) is 4.23. The molecule has 20 heavy (non-hydrogen) atoms. The van der Waals surface area contributed by atoms with E-state index in [1.165, 1.54) is 30.4 Å². The SMILES string of the molecule is CNC1CC2(CCC(C)CC2C)Oc2ccc(C)cc21. The third-order valence-corrected chi connectivity index (χ3v) is 5.47. The molecule has 3 rings (SSSR count). The second kappa shape index (κ2) is 5.07. The highest BCUT2D eigenvalue weighted by Crippen LogP contribution is 2.49. The molecule has 0 amide bonds. The molecule has 1 aliphatic heterocycles. The van der Waals surface area contributed by atoms with Gasteiger partial charge in [-0.1, -0.05) is 31.5 Å². The van der Waals surface area contributed by atoms with E-state index < -0.39 is 0 Å². The van der Waals surface area contributed by atoms with Crippen molar-refractivity contribution in [2.75, 3.05) is 7.05 Å². The van der Waals surface area contributed by atoms with Crippen molar-refractivity contribution in [3.05, 3.63) is 29.3 Å². The Balaban J connectivity index is 1.96. The van der Waals surface area contributed by atoms with Crippen molar-refractivity contribution in [1.82, 2.24) is 5.32 Å². The van der Waals surface area contributed by atoms with Crippen LogP contribution in [0.5, 0.6) is 5.75 Å². The first-order valence-electron chi connectivity index (χ1n) is 8.01. The molecule has 2 heteroatoms. The van der Waals surface area contributed by atoms with Gasteiger partial charge in [-0.05, 0) is 51.1 Å². The van der Waals surface area contributed by atoms with E-state index in [-0.39, 0.29) is 5.60 Å². The Bertz CT molecular complexity index is 498. The maximum atomic E-state index is 6.57. The number of ether oxygens (including phenoxy) is 1. The summed E-state index contributed by atoms with van der Waals surface area (Å²) >= 11 is 0. The zero-order valence-corrected chi connectivity index (χ0v) is 13.2. The van der Waals surface area contributed by atoms with Gasteiger partial charge in [-0.15, -0.1) is 0 Å². The minimum Gasteiger partial charge on any atom is -0.487 e. The Labute approximate surface area is 122 Å². The molecule has 0 aromatic heterocycles. The normalized spacial score (nSPS) is 36.5. The summed E-state index contributed by atoms with van der Waals surface area (Å²) in [6.07, 6.45) is 4.88. The Morgan fingerprint density at radius 2 is 2.10 bits per heavy atom. The van der Waals surface area contributed by atoms with E-state index in [2.05, 4.69) is 51.3 Å². The van der Waals surface area contributed by atoms with Crippen LogP contribution >= 0.6 is 0 Å². The third kappa shape index (κ3) is 2.24. The topological polar surface area (TPSA) is 21.3 Å². The number of benzene rings is 1. The Morgan fingerprint density at radius 3 is 2.80 bits per heavy atom. The van der Waals surface area contributed by atoms with E-state index in [0.29, 0.717) is 12.0 Å². The van der Waals surface area contributed by atoms with Crippen LogP contribution < -0.4 is 10.1 Å². The molecule has 4 unspecified atom stereocenters. The molecule has 110 valence electrons. The zero-order chi connectivity index (χ0) is 14.3. The summed E-state index contributed by atoms with van der Waals surface area (Å²) in [5, 5.41) is 3.51. The fourth-order valence-corrected chi connectivity index (χ4v) is 4.14. The summed E-state index contributed by atoms with van der Waals surface area (Å²) in [6.45, 7) is 6.91. The van der Waals surface area contributed by atoms with E-state index in [4.69, 9.17) is 4.74 Å². The number of nitrogens with one attached hydrogen (secondary N) is 1. The van der Waals surface area contributed by atoms with E-state index in [0.717, 1.165) is 18.1 Å². The van der Waals surface area contributed by atoms with E-state index in [1.54, 1.807) is 0 Å². The van der Waals surface area contributed by atoms with Crippen molar-refractivity contribution in [2.45, 2.75) is 58.1 Å².